The van der Waals surface area contributed by atoms with Gasteiger partial charge < -0.3 is 19.3 Å². The average Bonchev–Trinajstić information content (AvgIpc) is 2.64. The van der Waals surface area contributed by atoms with Crippen LogP contribution in [0.1, 0.15) is 16.8 Å². The van der Waals surface area contributed by atoms with Crippen LogP contribution >= 0.6 is 23.2 Å². The molecular weight excluding hydrogens is 445 g/mol. The summed E-state index contributed by atoms with van der Waals surface area (Å²) in [5, 5.41) is 10.4. The number of hydrogen-bond acceptors (Lipinski definition) is 7. The molecule has 2 aromatic rings. The summed E-state index contributed by atoms with van der Waals surface area (Å²) in [6, 6.07) is 7.50. The Bertz CT molecular complexity index is 958. The molecule has 2 rings (SSSR count). The number of esters is 1. The van der Waals surface area contributed by atoms with Crippen molar-refractivity contribution in [1.82, 2.24) is 0 Å². The number of ether oxygens (including phenoxy) is 3. The number of phenolic OH excluding ortho intramolecular Hbond substituents is 1. The molecule has 2 aromatic carbocycles. The highest BCUT2D eigenvalue weighted by Gasteiger charge is 2.19. The molecule has 0 atom stereocenters. The molecule has 0 fully saturated rings. The highest BCUT2D eigenvalue weighted by atomic mass is 35.5. The van der Waals surface area contributed by atoms with Crippen molar-refractivity contribution in [3.63, 3.8) is 0 Å². The molecule has 29 heavy (non-hydrogen) atoms. The van der Waals surface area contributed by atoms with Crippen LogP contribution in [0.5, 0.6) is 5.75 Å². The van der Waals surface area contributed by atoms with Crippen LogP contribution in [0.2, 0.25) is 10.0 Å². The van der Waals surface area contributed by atoms with E-state index in [1.165, 1.54) is 44.6 Å². The molecule has 0 amide bonds. The summed E-state index contributed by atoms with van der Waals surface area (Å²) in [5.41, 5.74) is -0.0842. The number of methoxy groups -OCH3 is 2. The van der Waals surface area contributed by atoms with Gasteiger partial charge in [-0.15, -0.1) is 0 Å². The van der Waals surface area contributed by atoms with E-state index in [4.69, 9.17) is 37.4 Å². The summed E-state index contributed by atoms with van der Waals surface area (Å²) in [6.07, 6.45) is -0.215. The normalized spacial score (nSPS) is 11.5. The fourth-order valence-electron chi connectivity index (χ4n) is 2.32. The minimum atomic E-state index is -4.01. The number of halogens is 2. The average molecular weight is 464 g/mol. The fraction of sp³-hybridized carbons (Fsp3) is 0.278. The van der Waals surface area contributed by atoms with Gasteiger partial charge in [-0.05, 0) is 30.3 Å². The Hall–Kier alpha value is -2.04. The summed E-state index contributed by atoms with van der Waals surface area (Å²) >= 11 is 11.7. The molecule has 11 heteroatoms. The number of anilines is 1. The molecule has 0 aliphatic heterocycles. The van der Waals surface area contributed by atoms with Crippen molar-refractivity contribution < 1.29 is 32.5 Å². The maximum absolute atomic E-state index is 12.5. The Balaban J connectivity index is 2.09. The number of sulfonamides is 1. The van der Waals surface area contributed by atoms with Crippen LogP contribution < -0.4 is 4.72 Å². The largest absolute Gasteiger partial charge is 0.507 e. The molecule has 0 saturated heterocycles. The van der Waals surface area contributed by atoms with Gasteiger partial charge in [0.25, 0.3) is 10.0 Å². The van der Waals surface area contributed by atoms with Crippen LogP contribution in [0, 0.1) is 0 Å². The lowest BCUT2D eigenvalue weighted by atomic mass is 10.2. The fourth-order valence-corrected chi connectivity index (χ4v) is 4.10. The van der Waals surface area contributed by atoms with E-state index in [1.54, 1.807) is 0 Å². The van der Waals surface area contributed by atoms with E-state index in [9.17, 15) is 18.3 Å². The Morgan fingerprint density at radius 3 is 2.28 bits per heavy atom. The first-order valence-corrected chi connectivity index (χ1v) is 10.4. The number of rotatable bonds is 9. The zero-order chi connectivity index (χ0) is 21.6. The van der Waals surface area contributed by atoms with Crippen molar-refractivity contribution in [2.24, 2.45) is 0 Å². The van der Waals surface area contributed by atoms with Gasteiger partial charge in [0.1, 0.15) is 11.3 Å². The molecule has 0 unspecified atom stereocenters. The van der Waals surface area contributed by atoms with E-state index in [0.717, 1.165) is 6.07 Å². The van der Waals surface area contributed by atoms with Crippen molar-refractivity contribution >= 4 is 44.9 Å². The lowest BCUT2D eigenvalue weighted by Crippen LogP contribution is -2.17. The first kappa shape index (κ1) is 23.2. The van der Waals surface area contributed by atoms with Gasteiger partial charge in [0.15, 0.2) is 6.29 Å². The van der Waals surface area contributed by atoms with Crippen LogP contribution in [0.3, 0.4) is 0 Å². The summed E-state index contributed by atoms with van der Waals surface area (Å²) in [5.74, 6) is -1.22. The van der Waals surface area contributed by atoms with Crippen LogP contribution in [-0.4, -0.2) is 46.6 Å². The third kappa shape index (κ3) is 6.48. The molecule has 2 N–H and O–H groups in total. The van der Waals surface area contributed by atoms with Gasteiger partial charge in [0.2, 0.25) is 0 Å². The van der Waals surface area contributed by atoms with Gasteiger partial charge in [-0.3, -0.25) is 4.72 Å². The van der Waals surface area contributed by atoms with Crippen molar-refractivity contribution in [2.75, 3.05) is 25.5 Å². The standard InChI is InChI=1S/C18H19Cl2NO7S/c1-26-17(27-2)5-6-28-18(23)15-4-3-13(10-16(15)22)21-29(24,25)14-8-11(19)7-12(20)9-14/h3-4,7-10,17,21-22H,5-6H2,1-2H3. The molecule has 0 spiro atoms. The molecule has 8 nitrogen and oxygen atoms in total. The second kappa shape index (κ2) is 10.1. The monoisotopic (exact) mass is 463 g/mol. The number of hydrogen-bond donors (Lipinski definition) is 2. The number of carbonyl (C=O) groups excluding carboxylic acids is 1. The zero-order valence-corrected chi connectivity index (χ0v) is 17.8. The summed E-state index contributed by atoms with van der Waals surface area (Å²) < 4.78 is 42.2. The van der Waals surface area contributed by atoms with E-state index in [1.807, 2.05) is 0 Å². The predicted molar refractivity (Wildman–Crippen MR) is 108 cm³/mol. The van der Waals surface area contributed by atoms with Gasteiger partial charge in [0.05, 0.1) is 17.2 Å². The van der Waals surface area contributed by atoms with Gasteiger partial charge in [-0.25, -0.2) is 13.2 Å². The van der Waals surface area contributed by atoms with Crippen LogP contribution in [-0.2, 0) is 24.2 Å². The van der Waals surface area contributed by atoms with E-state index in [-0.39, 0.29) is 32.8 Å². The number of carbonyl (C=O) groups is 1. The minimum Gasteiger partial charge on any atom is -0.507 e. The molecule has 0 aliphatic rings. The van der Waals surface area contributed by atoms with Crippen molar-refractivity contribution in [3.05, 3.63) is 52.0 Å². The Morgan fingerprint density at radius 1 is 1.10 bits per heavy atom. The Morgan fingerprint density at radius 2 is 1.72 bits per heavy atom. The van der Waals surface area contributed by atoms with Gasteiger partial charge in [0, 0.05) is 36.8 Å². The number of aromatic hydroxyl groups is 1. The summed E-state index contributed by atoms with van der Waals surface area (Å²) in [6.45, 7) is 0.00846. The van der Waals surface area contributed by atoms with E-state index < -0.39 is 28.0 Å². The second-order valence-electron chi connectivity index (χ2n) is 5.77. The van der Waals surface area contributed by atoms with Crippen LogP contribution in [0.15, 0.2) is 41.3 Å². The van der Waals surface area contributed by atoms with Crippen LogP contribution in [0.25, 0.3) is 0 Å². The van der Waals surface area contributed by atoms with Crippen molar-refractivity contribution in [1.29, 1.82) is 0 Å². The van der Waals surface area contributed by atoms with Crippen LogP contribution in [0.4, 0.5) is 5.69 Å². The Labute approximate surface area is 178 Å². The van der Waals surface area contributed by atoms with Crippen molar-refractivity contribution in [2.45, 2.75) is 17.6 Å². The summed E-state index contributed by atoms with van der Waals surface area (Å²) in [4.78, 5) is 11.9. The summed E-state index contributed by atoms with van der Waals surface area (Å²) in [7, 11) is -1.10. The Kier molecular flexibility index (Phi) is 8.12. The molecule has 158 valence electrons. The van der Waals surface area contributed by atoms with E-state index >= 15 is 0 Å². The second-order valence-corrected chi connectivity index (χ2v) is 8.32. The molecule has 0 aliphatic carbocycles. The van der Waals surface area contributed by atoms with Gasteiger partial charge >= 0.3 is 5.97 Å². The molecule has 0 heterocycles. The first-order chi connectivity index (χ1) is 13.7. The van der Waals surface area contributed by atoms with Gasteiger partial charge in [-0.1, -0.05) is 23.2 Å². The number of benzene rings is 2. The maximum Gasteiger partial charge on any atom is 0.341 e. The van der Waals surface area contributed by atoms with E-state index in [0.29, 0.717) is 6.42 Å². The first-order valence-electron chi connectivity index (χ1n) is 8.21. The maximum atomic E-state index is 12.5. The minimum absolute atomic E-state index is 0.00846. The highest BCUT2D eigenvalue weighted by molar-refractivity contribution is 7.92. The highest BCUT2D eigenvalue weighted by Crippen LogP contribution is 2.27. The molecule has 0 saturated carbocycles. The van der Waals surface area contributed by atoms with Gasteiger partial charge in [-0.2, -0.15) is 0 Å². The van der Waals surface area contributed by atoms with Crippen molar-refractivity contribution in [3.8, 4) is 5.75 Å². The quantitative estimate of drug-likeness (QED) is 0.430. The lowest BCUT2D eigenvalue weighted by Gasteiger charge is -2.14. The number of phenols is 1. The third-order valence-electron chi connectivity index (χ3n) is 3.73. The third-order valence-corrected chi connectivity index (χ3v) is 5.53. The molecular formula is C18H19Cl2NO7S. The molecule has 0 aromatic heterocycles. The smallest absolute Gasteiger partial charge is 0.341 e. The lowest BCUT2D eigenvalue weighted by molar-refractivity contribution is -0.112. The molecule has 0 radical (unpaired) electrons. The zero-order valence-electron chi connectivity index (χ0n) is 15.5. The topological polar surface area (TPSA) is 111 Å². The predicted octanol–water partition coefficient (Wildman–Crippen LogP) is 3.67. The SMILES string of the molecule is COC(CCOC(=O)c1ccc(NS(=O)(=O)c2cc(Cl)cc(Cl)c2)cc1O)OC. The number of nitrogens with one attached hydrogen (secondary N) is 1. The van der Waals surface area contributed by atoms with E-state index in [2.05, 4.69) is 4.72 Å². The molecule has 0 bridgehead atoms.